The highest BCUT2D eigenvalue weighted by Crippen LogP contribution is 2.50. The molecule has 0 heterocycles. The first-order valence-electron chi connectivity index (χ1n) is 8.58. The Balaban J connectivity index is 2.45. The van der Waals surface area contributed by atoms with Crippen LogP contribution < -0.4 is 10.6 Å². The fourth-order valence-electron chi connectivity index (χ4n) is 2.60. The van der Waals surface area contributed by atoms with E-state index in [1.54, 1.807) is 45.0 Å². The Morgan fingerprint density at radius 3 is 1.65 bits per heavy atom. The molecule has 0 aliphatic heterocycles. The predicted octanol–water partition coefficient (Wildman–Crippen LogP) is 4.64. The van der Waals surface area contributed by atoms with Crippen molar-refractivity contribution in [2.75, 3.05) is 19.4 Å². The third-order valence-corrected chi connectivity index (χ3v) is 8.37. The summed E-state index contributed by atoms with van der Waals surface area (Å²) in [5, 5.41) is 1.27. The summed E-state index contributed by atoms with van der Waals surface area (Å²) in [5.74, 6) is 0. The molecule has 2 aromatic rings. The van der Waals surface area contributed by atoms with Gasteiger partial charge in [0.15, 0.2) is 0 Å². The van der Waals surface area contributed by atoms with Crippen molar-refractivity contribution < 1.29 is 18.2 Å². The van der Waals surface area contributed by atoms with Crippen molar-refractivity contribution in [1.82, 2.24) is 0 Å². The highest BCUT2D eigenvalue weighted by Gasteiger charge is 2.30. The van der Waals surface area contributed by atoms with Crippen molar-refractivity contribution in [3.8, 4) is 0 Å². The molecule has 5 nitrogen and oxygen atoms in total. The minimum Gasteiger partial charge on any atom is -0.309 e. The van der Waals surface area contributed by atoms with Crippen LogP contribution in [0.2, 0.25) is 0 Å². The lowest BCUT2D eigenvalue weighted by Crippen LogP contribution is -2.16. The smallest absolute Gasteiger partial charge is 0.309 e. The molecule has 0 saturated heterocycles. The Kier molecular flexibility index (Phi) is 7.55. The van der Waals surface area contributed by atoms with E-state index < -0.39 is 14.9 Å². The van der Waals surface area contributed by atoms with E-state index in [9.17, 15) is 9.13 Å². The lowest BCUT2D eigenvalue weighted by atomic mass is 10.4. The summed E-state index contributed by atoms with van der Waals surface area (Å²) >= 11 is 0. The van der Waals surface area contributed by atoms with Crippen molar-refractivity contribution in [3.63, 3.8) is 0 Å². The Hall–Kier alpha value is -1.51. The largest absolute Gasteiger partial charge is 0.336 e. The molecule has 0 aliphatic carbocycles. The van der Waals surface area contributed by atoms with Gasteiger partial charge >= 0.3 is 7.60 Å². The predicted molar refractivity (Wildman–Crippen MR) is 109 cm³/mol. The first-order valence-corrected chi connectivity index (χ1v) is 12.0. The summed E-state index contributed by atoms with van der Waals surface area (Å²) in [5.41, 5.74) is 0.478. The molecule has 2 aromatic carbocycles. The molecular weight excluding hydrogens is 368 g/mol. The van der Waals surface area contributed by atoms with E-state index in [1.165, 1.54) is 0 Å². The summed E-state index contributed by atoms with van der Waals surface area (Å²) in [4.78, 5) is 0. The second-order valence-electron chi connectivity index (χ2n) is 5.69. The Labute approximate surface area is 155 Å². The molecule has 0 fully saturated rings. The molecule has 0 amide bonds. The Bertz CT molecular complexity index is 768. The van der Waals surface area contributed by atoms with Gasteiger partial charge in [0.05, 0.1) is 19.4 Å². The number of nitrogens with zero attached hydrogens (tertiary/aromatic N) is 1. The third-order valence-electron chi connectivity index (χ3n) is 3.60. The van der Waals surface area contributed by atoms with E-state index in [1.807, 2.05) is 36.4 Å². The quantitative estimate of drug-likeness (QED) is 0.460. The van der Waals surface area contributed by atoms with E-state index >= 15 is 0 Å². The average molecular weight is 393 g/mol. The Morgan fingerprint density at radius 2 is 1.27 bits per heavy atom. The number of hydrogen-bond donors (Lipinski definition) is 0. The van der Waals surface area contributed by atoms with Gasteiger partial charge in [-0.05, 0) is 45.0 Å². The van der Waals surface area contributed by atoms with Crippen molar-refractivity contribution in [1.29, 1.82) is 0 Å². The average Bonchev–Trinajstić information content (AvgIpc) is 2.63. The van der Waals surface area contributed by atoms with E-state index in [4.69, 9.17) is 9.05 Å². The first kappa shape index (κ1) is 20.8. The van der Waals surface area contributed by atoms with Gasteiger partial charge in [0.2, 0.25) is 7.29 Å². The zero-order valence-corrected chi connectivity index (χ0v) is 17.2. The molecule has 2 rings (SSSR count). The minimum absolute atomic E-state index is 0.0122. The van der Waals surface area contributed by atoms with E-state index in [0.29, 0.717) is 16.3 Å². The van der Waals surface area contributed by atoms with Gasteiger partial charge in [0.1, 0.15) is 0 Å². The molecule has 0 unspecified atom stereocenters. The summed E-state index contributed by atoms with van der Waals surface area (Å²) in [7, 11) is -6.54. The van der Waals surface area contributed by atoms with Crippen LogP contribution in [-0.4, -0.2) is 25.1 Å². The van der Waals surface area contributed by atoms with Crippen LogP contribution in [-0.2, 0) is 18.2 Å². The van der Waals surface area contributed by atoms with Crippen LogP contribution in [0.4, 0.5) is 0 Å². The summed E-state index contributed by atoms with van der Waals surface area (Å²) in [6, 6.07) is 18.3. The molecule has 0 aliphatic rings. The van der Waals surface area contributed by atoms with Gasteiger partial charge < -0.3 is 9.05 Å². The zero-order valence-electron chi connectivity index (χ0n) is 15.4. The van der Waals surface area contributed by atoms with Gasteiger partial charge in [-0.15, -0.1) is 0 Å². The molecular formula is C19H25NO4P2. The van der Waals surface area contributed by atoms with Crippen LogP contribution in [0.25, 0.3) is 0 Å². The maximum atomic E-state index is 13.9. The molecule has 0 aromatic heterocycles. The van der Waals surface area contributed by atoms with Crippen LogP contribution in [0.3, 0.4) is 0 Å². The molecule has 0 saturated carbocycles. The highest BCUT2D eigenvalue weighted by molar-refractivity contribution is 7.77. The fourth-order valence-corrected chi connectivity index (χ4v) is 6.62. The summed E-state index contributed by atoms with van der Waals surface area (Å²) in [6.07, 6.45) is 0.0122. The van der Waals surface area contributed by atoms with E-state index in [0.717, 1.165) is 0 Å². The molecule has 0 bridgehead atoms. The van der Waals surface area contributed by atoms with E-state index in [-0.39, 0.29) is 19.4 Å². The van der Waals surface area contributed by atoms with E-state index in [2.05, 4.69) is 4.76 Å². The second-order valence-corrected chi connectivity index (χ2v) is 10.1. The maximum absolute atomic E-state index is 13.9. The highest BCUT2D eigenvalue weighted by atomic mass is 31.2. The molecule has 140 valence electrons. The fraction of sp³-hybridized carbons (Fsp3) is 0.316. The third kappa shape index (κ3) is 5.25. The van der Waals surface area contributed by atoms with Crippen molar-refractivity contribution in [3.05, 3.63) is 60.7 Å². The van der Waals surface area contributed by atoms with Crippen LogP contribution in [0.5, 0.6) is 0 Å². The first-order chi connectivity index (χ1) is 12.4. The Morgan fingerprint density at radius 1 is 0.846 bits per heavy atom. The monoisotopic (exact) mass is 393 g/mol. The molecule has 0 radical (unpaired) electrons. The second kappa shape index (κ2) is 9.43. The standard InChI is InChI=1S/C19H25NO4P2/c1-4-23-25(21,24-5-2)16-17(3)20-26(22,18-12-8-6-9-13-18)19-14-10-7-11-15-19/h6-15H,4-5,16H2,1-3H3/b20-17+. The maximum Gasteiger partial charge on any atom is 0.336 e. The summed E-state index contributed by atoms with van der Waals surface area (Å²) in [6.45, 7) is 5.79. The van der Waals surface area contributed by atoms with Gasteiger partial charge in [-0.25, -0.2) is 4.76 Å². The van der Waals surface area contributed by atoms with Crippen LogP contribution in [0.15, 0.2) is 65.4 Å². The van der Waals surface area contributed by atoms with Gasteiger partial charge in [0, 0.05) is 16.3 Å². The summed E-state index contributed by atoms with van der Waals surface area (Å²) < 4.78 is 41.8. The van der Waals surface area contributed by atoms with Gasteiger partial charge in [0.25, 0.3) is 0 Å². The van der Waals surface area contributed by atoms with Crippen LogP contribution in [0, 0.1) is 0 Å². The van der Waals surface area contributed by atoms with Crippen LogP contribution in [0.1, 0.15) is 20.8 Å². The molecule has 0 spiro atoms. The molecule has 0 N–H and O–H groups in total. The van der Waals surface area contributed by atoms with Crippen molar-refractivity contribution >= 4 is 31.2 Å². The normalized spacial score (nSPS) is 13.0. The van der Waals surface area contributed by atoms with Crippen LogP contribution >= 0.6 is 14.9 Å². The van der Waals surface area contributed by atoms with Gasteiger partial charge in [-0.1, -0.05) is 36.4 Å². The van der Waals surface area contributed by atoms with Crippen molar-refractivity contribution in [2.45, 2.75) is 20.8 Å². The lowest BCUT2D eigenvalue weighted by molar-refractivity contribution is 0.223. The SMILES string of the molecule is CCOP(=O)(C/C(C)=N/P(=O)(c1ccccc1)c1ccccc1)OCC. The lowest BCUT2D eigenvalue weighted by Gasteiger charge is -2.19. The van der Waals surface area contributed by atoms with Gasteiger partial charge in [-0.3, -0.25) is 9.13 Å². The molecule has 7 heteroatoms. The number of rotatable bonds is 9. The zero-order chi connectivity index (χ0) is 19.0. The minimum atomic E-state index is -3.30. The van der Waals surface area contributed by atoms with Gasteiger partial charge in [-0.2, -0.15) is 0 Å². The topological polar surface area (TPSA) is 65.0 Å². The molecule has 0 atom stereocenters. The number of hydrogen-bond acceptors (Lipinski definition) is 4. The molecule has 26 heavy (non-hydrogen) atoms. The van der Waals surface area contributed by atoms with Crippen molar-refractivity contribution in [2.24, 2.45) is 4.76 Å². The number of benzene rings is 2.